The summed E-state index contributed by atoms with van der Waals surface area (Å²) in [5.74, 6) is 0.622. The third-order valence-corrected chi connectivity index (χ3v) is 10.8. The van der Waals surface area contributed by atoms with Crippen LogP contribution in [0.1, 0.15) is 5.56 Å². The summed E-state index contributed by atoms with van der Waals surface area (Å²) in [7, 11) is 0. The van der Waals surface area contributed by atoms with E-state index in [2.05, 4.69) is 211 Å². The number of para-hydroxylation sites is 1. The van der Waals surface area contributed by atoms with Crippen molar-refractivity contribution in [2.45, 2.75) is 6.42 Å². The topological polar surface area (TPSA) is 29.3 Å². The minimum absolute atomic E-state index is 0.622. The van der Waals surface area contributed by atoms with Gasteiger partial charge in [0.1, 0.15) is 5.52 Å². The summed E-state index contributed by atoms with van der Waals surface area (Å²) in [6.45, 7) is 0.740. The molecule has 266 valence electrons. The molecule has 0 amide bonds. The molecule has 0 fully saturated rings. The zero-order chi connectivity index (χ0) is 37.3. The largest absolute Gasteiger partial charge is 0.436 e. The Morgan fingerprint density at radius 2 is 1.02 bits per heavy atom. The van der Waals surface area contributed by atoms with Gasteiger partial charge in [0.2, 0.25) is 5.89 Å². The van der Waals surface area contributed by atoms with Crippen LogP contribution in [0.5, 0.6) is 0 Å². The van der Waals surface area contributed by atoms with Gasteiger partial charge in [0.05, 0.1) is 5.69 Å². The highest BCUT2D eigenvalue weighted by molar-refractivity contribution is 6.11. The van der Waals surface area contributed by atoms with Gasteiger partial charge in [0.25, 0.3) is 0 Å². The summed E-state index contributed by atoms with van der Waals surface area (Å²) in [4.78, 5) is 7.62. The lowest BCUT2D eigenvalue weighted by Gasteiger charge is -2.29. The van der Waals surface area contributed by atoms with Gasteiger partial charge in [-0.3, -0.25) is 0 Å². The first-order valence-electron chi connectivity index (χ1n) is 19.2. The molecule has 0 aliphatic carbocycles. The predicted octanol–water partition coefficient (Wildman–Crippen LogP) is 14.2. The van der Waals surface area contributed by atoms with Crippen molar-refractivity contribution in [2.75, 3.05) is 11.4 Å². The normalized spacial score (nSPS) is 11.4. The SMILES string of the molecule is c1ccc(-c2ccc(CCN(c3ccccc3-c3ccccc3)c3cc4oc(-c5ccc6ccccc6c5)nc4c4ccccc34)cc2-c2ccccc2)cc1. The molecule has 1 aromatic heterocycles. The van der Waals surface area contributed by atoms with Crippen LogP contribution in [0.2, 0.25) is 0 Å². The minimum Gasteiger partial charge on any atom is -0.436 e. The Hall–Kier alpha value is -7.23. The molecule has 56 heavy (non-hydrogen) atoms. The first-order chi connectivity index (χ1) is 27.8. The molecule has 3 heteroatoms. The maximum atomic E-state index is 6.70. The lowest BCUT2D eigenvalue weighted by Crippen LogP contribution is -2.21. The first kappa shape index (κ1) is 33.3. The van der Waals surface area contributed by atoms with Gasteiger partial charge in [-0.05, 0) is 68.8 Å². The monoisotopic (exact) mass is 718 g/mol. The summed E-state index contributed by atoms with van der Waals surface area (Å²) in [6.07, 6.45) is 0.823. The molecule has 9 aromatic carbocycles. The van der Waals surface area contributed by atoms with Crippen LogP contribution in [-0.4, -0.2) is 11.5 Å². The van der Waals surface area contributed by atoms with E-state index in [1.54, 1.807) is 0 Å². The van der Waals surface area contributed by atoms with Gasteiger partial charge in [-0.1, -0.05) is 182 Å². The third-order valence-electron chi connectivity index (χ3n) is 10.8. The molecular weight excluding hydrogens is 681 g/mol. The summed E-state index contributed by atoms with van der Waals surface area (Å²) < 4.78 is 6.70. The van der Waals surface area contributed by atoms with E-state index in [1.807, 2.05) is 0 Å². The van der Waals surface area contributed by atoms with Gasteiger partial charge in [0.15, 0.2) is 5.58 Å². The molecule has 0 aliphatic heterocycles. The van der Waals surface area contributed by atoms with E-state index in [9.17, 15) is 0 Å². The van der Waals surface area contributed by atoms with Crippen LogP contribution in [0.15, 0.2) is 211 Å². The second kappa shape index (κ2) is 14.5. The lowest BCUT2D eigenvalue weighted by molar-refractivity contribution is 0.620. The smallest absolute Gasteiger partial charge is 0.227 e. The Balaban J connectivity index is 1.12. The molecule has 0 N–H and O–H groups in total. The standard InChI is InChI=1S/C53H38N2O/c1-4-17-39(18-5-1)44-31-28-37(34-48(44)41-21-8-3-9-22-41)32-33-55(49-27-15-14-24-45(49)40-19-6-2-7-20-40)50-36-51-52(47-26-13-12-25-46(47)50)54-53(56-51)43-30-29-38-16-10-11-23-42(38)35-43/h1-31,34-36H,32-33H2. The summed E-state index contributed by atoms with van der Waals surface area (Å²) in [6, 6.07) is 73.4. The zero-order valence-corrected chi connectivity index (χ0v) is 30.8. The Labute approximate surface area is 326 Å². The van der Waals surface area contributed by atoms with Gasteiger partial charge >= 0.3 is 0 Å². The maximum Gasteiger partial charge on any atom is 0.227 e. The van der Waals surface area contributed by atoms with E-state index in [0.29, 0.717) is 5.89 Å². The Morgan fingerprint density at radius 3 is 1.77 bits per heavy atom. The Bertz CT molecular complexity index is 2970. The van der Waals surface area contributed by atoms with Gasteiger partial charge in [-0.15, -0.1) is 0 Å². The van der Waals surface area contributed by atoms with Crippen molar-refractivity contribution in [3.63, 3.8) is 0 Å². The number of hydrogen-bond donors (Lipinski definition) is 0. The molecule has 0 radical (unpaired) electrons. The first-order valence-corrected chi connectivity index (χ1v) is 19.2. The van der Waals surface area contributed by atoms with Crippen LogP contribution in [0.3, 0.4) is 0 Å². The van der Waals surface area contributed by atoms with E-state index in [4.69, 9.17) is 9.40 Å². The number of fused-ring (bicyclic) bond motifs is 4. The predicted molar refractivity (Wildman–Crippen MR) is 234 cm³/mol. The highest BCUT2D eigenvalue weighted by atomic mass is 16.3. The summed E-state index contributed by atoms with van der Waals surface area (Å²) in [5.41, 5.74) is 13.3. The fourth-order valence-corrected chi connectivity index (χ4v) is 8.06. The second-order valence-corrected chi connectivity index (χ2v) is 14.3. The molecule has 10 aromatic rings. The molecule has 0 saturated heterocycles. The lowest BCUT2D eigenvalue weighted by atomic mass is 9.92. The van der Waals surface area contributed by atoms with Crippen molar-refractivity contribution >= 4 is 44.0 Å². The zero-order valence-electron chi connectivity index (χ0n) is 30.8. The number of nitrogens with zero attached hydrogens (tertiary/aromatic N) is 2. The summed E-state index contributed by atoms with van der Waals surface area (Å²) >= 11 is 0. The fraction of sp³-hybridized carbons (Fsp3) is 0.0377. The molecule has 10 rings (SSSR count). The van der Waals surface area contributed by atoms with Crippen LogP contribution in [0, 0.1) is 0 Å². The molecule has 1 heterocycles. The van der Waals surface area contributed by atoms with Gasteiger partial charge < -0.3 is 9.32 Å². The number of benzene rings is 9. The van der Waals surface area contributed by atoms with E-state index in [0.717, 1.165) is 57.2 Å². The average molecular weight is 719 g/mol. The van der Waals surface area contributed by atoms with Gasteiger partial charge in [-0.2, -0.15) is 0 Å². The number of rotatable bonds is 9. The molecular formula is C53H38N2O. The highest BCUT2D eigenvalue weighted by Gasteiger charge is 2.22. The van der Waals surface area contributed by atoms with Crippen LogP contribution >= 0.6 is 0 Å². The maximum absolute atomic E-state index is 6.70. The quantitative estimate of drug-likeness (QED) is 0.149. The molecule has 0 aliphatic rings. The highest BCUT2D eigenvalue weighted by Crippen LogP contribution is 2.42. The number of anilines is 2. The van der Waals surface area contributed by atoms with E-state index < -0.39 is 0 Å². The van der Waals surface area contributed by atoms with Crippen molar-refractivity contribution in [1.29, 1.82) is 0 Å². The van der Waals surface area contributed by atoms with Gasteiger partial charge in [-0.25, -0.2) is 4.98 Å². The summed E-state index contributed by atoms with van der Waals surface area (Å²) in [5, 5.41) is 4.55. The van der Waals surface area contributed by atoms with Crippen molar-refractivity contribution < 1.29 is 4.42 Å². The fourth-order valence-electron chi connectivity index (χ4n) is 8.06. The minimum atomic E-state index is 0.622. The van der Waals surface area contributed by atoms with Crippen molar-refractivity contribution in [1.82, 2.24) is 4.98 Å². The molecule has 0 bridgehead atoms. The second-order valence-electron chi connectivity index (χ2n) is 14.3. The van der Waals surface area contributed by atoms with E-state index in [1.165, 1.54) is 44.3 Å². The number of aromatic nitrogens is 1. The van der Waals surface area contributed by atoms with Crippen LogP contribution in [0.25, 0.3) is 77.5 Å². The van der Waals surface area contributed by atoms with Crippen LogP contribution < -0.4 is 4.90 Å². The Morgan fingerprint density at radius 1 is 0.411 bits per heavy atom. The number of hydrogen-bond acceptors (Lipinski definition) is 3. The Kier molecular flexibility index (Phi) is 8.66. The number of oxazole rings is 1. The third kappa shape index (κ3) is 6.29. The van der Waals surface area contributed by atoms with Gasteiger partial charge in [0, 0.05) is 40.2 Å². The van der Waals surface area contributed by atoms with Crippen molar-refractivity contribution in [3.05, 3.63) is 212 Å². The van der Waals surface area contributed by atoms with Crippen molar-refractivity contribution in [2.24, 2.45) is 0 Å². The molecule has 0 saturated carbocycles. The molecule has 0 unspecified atom stereocenters. The van der Waals surface area contributed by atoms with E-state index in [-0.39, 0.29) is 0 Å². The molecule has 0 atom stereocenters. The van der Waals surface area contributed by atoms with Crippen LogP contribution in [-0.2, 0) is 6.42 Å². The van der Waals surface area contributed by atoms with E-state index >= 15 is 0 Å². The average Bonchev–Trinajstić information content (AvgIpc) is 3.72. The van der Waals surface area contributed by atoms with Crippen molar-refractivity contribution in [3.8, 4) is 44.8 Å². The molecule has 0 spiro atoms. The molecule has 3 nitrogen and oxygen atoms in total. The van der Waals surface area contributed by atoms with Crippen LogP contribution in [0.4, 0.5) is 11.4 Å².